The van der Waals surface area contributed by atoms with Gasteiger partial charge >= 0.3 is 0 Å². The minimum atomic E-state index is -0.0910. The van der Waals surface area contributed by atoms with Gasteiger partial charge in [-0.3, -0.25) is 0 Å². The van der Waals surface area contributed by atoms with Crippen molar-refractivity contribution in [2.75, 3.05) is 32.6 Å². The van der Waals surface area contributed by atoms with Gasteiger partial charge in [0.15, 0.2) is 0 Å². The quantitative estimate of drug-likeness (QED) is 0.754. The van der Waals surface area contributed by atoms with Gasteiger partial charge < -0.3 is 15.4 Å². The maximum absolute atomic E-state index is 5.55. The highest BCUT2D eigenvalue weighted by Gasteiger charge is 2.38. The Hall–Kier alpha value is -1.06. The predicted octanol–water partition coefficient (Wildman–Crippen LogP) is 1.17. The van der Waals surface area contributed by atoms with Gasteiger partial charge in [0.1, 0.15) is 5.60 Å². The fourth-order valence-electron chi connectivity index (χ4n) is 1.76. The summed E-state index contributed by atoms with van der Waals surface area (Å²) < 4.78 is 5.55. The number of hydrogen-bond acceptors (Lipinski definition) is 3. The van der Waals surface area contributed by atoms with Gasteiger partial charge in [-0.15, -0.1) is 0 Å². The minimum absolute atomic E-state index is 0.0910. The van der Waals surface area contributed by atoms with E-state index >= 15 is 0 Å². The molecule has 2 rings (SSSR count). The monoisotopic (exact) mass is 192 g/mol. The Kier molecular flexibility index (Phi) is 2.44. The van der Waals surface area contributed by atoms with Gasteiger partial charge in [-0.1, -0.05) is 12.1 Å². The first-order valence-corrected chi connectivity index (χ1v) is 4.85. The second-order valence-corrected chi connectivity index (χ2v) is 3.63. The molecule has 1 aromatic rings. The average Bonchev–Trinajstić information content (AvgIpc) is 2.18. The zero-order valence-corrected chi connectivity index (χ0v) is 8.63. The first kappa shape index (κ1) is 9.49. The van der Waals surface area contributed by atoms with Crippen molar-refractivity contribution in [1.82, 2.24) is 5.32 Å². The van der Waals surface area contributed by atoms with Crippen molar-refractivity contribution in [3.8, 4) is 0 Å². The normalized spacial score (nSPS) is 18.7. The van der Waals surface area contributed by atoms with Gasteiger partial charge in [-0.2, -0.15) is 0 Å². The van der Waals surface area contributed by atoms with Crippen LogP contribution < -0.4 is 10.6 Å². The first-order chi connectivity index (χ1) is 6.80. The summed E-state index contributed by atoms with van der Waals surface area (Å²) in [7, 11) is 3.69. The standard InChI is InChI=1S/C11H16N2O/c1-12-10-5-3-9(4-6-10)11(14-2)7-13-8-11/h3-6,12-13H,7-8H2,1-2H3. The molecule has 3 heteroatoms. The lowest BCUT2D eigenvalue weighted by atomic mass is 9.88. The van der Waals surface area contributed by atoms with E-state index in [2.05, 4.69) is 34.9 Å². The van der Waals surface area contributed by atoms with Crippen LogP contribution in [0.3, 0.4) is 0 Å². The van der Waals surface area contributed by atoms with Crippen molar-refractivity contribution in [3.05, 3.63) is 29.8 Å². The molecule has 0 spiro atoms. The third-order valence-corrected chi connectivity index (χ3v) is 2.91. The molecule has 0 aliphatic carbocycles. The fourth-order valence-corrected chi connectivity index (χ4v) is 1.76. The molecule has 2 N–H and O–H groups in total. The molecule has 14 heavy (non-hydrogen) atoms. The number of rotatable bonds is 3. The Morgan fingerprint density at radius 1 is 1.29 bits per heavy atom. The van der Waals surface area contributed by atoms with E-state index in [-0.39, 0.29) is 5.60 Å². The second-order valence-electron chi connectivity index (χ2n) is 3.63. The molecule has 0 saturated carbocycles. The molecule has 0 aromatic heterocycles. The van der Waals surface area contributed by atoms with Crippen LogP contribution in [0.15, 0.2) is 24.3 Å². The molecule has 0 atom stereocenters. The maximum Gasteiger partial charge on any atom is 0.117 e. The lowest BCUT2D eigenvalue weighted by molar-refractivity contribution is -0.0565. The number of methoxy groups -OCH3 is 1. The zero-order valence-electron chi connectivity index (χ0n) is 8.63. The molecule has 1 aliphatic heterocycles. The van der Waals surface area contributed by atoms with Crippen LogP contribution in [0, 0.1) is 0 Å². The molecule has 3 nitrogen and oxygen atoms in total. The molecule has 1 saturated heterocycles. The van der Waals surface area contributed by atoms with E-state index < -0.39 is 0 Å². The average molecular weight is 192 g/mol. The van der Waals surface area contributed by atoms with E-state index in [1.807, 2.05) is 7.05 Å². The minimum Gasteiger partial charge on any atom is -0.388 e. The number of ether oxygens (including phenoxy) is 1. The molecule has 1 heterocycles. The number of benzene rings is 1. The first-order valence-electron chi connectivity index (χ1n) is 4.85. The van der Waals surface area contributed by atoms with Crippen LogP contribution in [0.5, 0.6) is 0 Å². The number of hydrogen-bond donors (Lipinski definition) is 2. The van der Waals surface area contributed by atoms with Crippen molar-refractivity contribution in [1.29, 1.82) is 0 Å². The third kappa shape index (κ3) is 1.38. The molecular weight excluding hydrogens is 176 g/mol. The van der Waals surface area contributed by atoms with Crippen molar-refractivity contribution in [3.63, 3.8) is 0 Å². The Balaban J connectivity index is 2.23. The summed E-state index contributed by atoms with van der Waals surface area (Å²) in [6, 6.07) is 8.40. The molecule has 0 unspecified atom stereocenters. The smallest absolute Gasteiger partial charge is 0.117 e. The predicted molar refractivity (Wildman–Crippen MR) is 57.5 cm³/mol. The highest BCUT2D eigenvalue weighted by atomic mass is 16.5. The lowest BCUT2D eigenvalue weighted by Crippen LogP contribution is -2.57. The van der Waals surface area contributed by atoms with Gasteiger partial charge in [-0.05, 0) is 17.7 Å². The van der Waals surface area contributed by atoms with Crippen LogP contribution >= 0.6 is 0 Å². The summed E-state index contributed by atoms with van der Waals surface area (Å²) in [6.07, 6.45) is 0. The summed E-state index contributed by atoms with van der Waals surface area (Å²) in [5.41, 5.74) is 2.29. The third-order valence-electron chi connectivity index (χ3n) is 2.91. The second kappa shape index (κ2) is 3.59. The molecule has 0 bridgehead atoms. The summed E-state index contributed by atoms with van der Waals surface area (Å²) in [6.45, 7) is 1.81. The highest BCUT2D eigenvalue weighted by Crippen LogP contribution is 2.29. The zero-order chi connectivity index (χ0) is 10.0. The Morgan fingerprint density at radius 3 is 2.29 bits per heavy atom. The molecular formula is C11H16N2O. The maximum atomic E-state index is 5.55. The van der Waals surface area contributed by atoms with E-state index in [0.29, 0.717) is 0 Å². The molecule has 0 amide bonds. The largest absolute Gasteiger partial charge is 0.388 e. The molecule has 76 valence electrons. The molecule has 1 aromatic carbocycles. The van der Waals surface area contributed by atoms with Crippen LogP contribution in [-0.4, -0.2) is 27.2 Å². The van der Waals surface area contributed by atoms with Crippen LogP contribution in [0.2, 0.25) is 0 Å². The van der Waals surface area contributed by atoms with E-state index in [4.69, 9.17) is 4.74 Å². The number of anilines is 1. The van der Waals surface area contributed by atoms with Gasteiger partial charge in [0.25, 0.3) is 0 Å². The van der Waals surface area contributed by atoms with E-state index in [9.17, 15) is 0 Å². The van der Waals surface area contributed by atoms with Crippen LogP contribution in [0.1, 0.15) is 5.56 Å². The lowest BCUT2D eigenvalue weighted by Gasteiger charge is -2.41. The highest BCUT2D eigenvalue weighted by molar-refractivity contribution is 5.45. The number of nitrogens with one attached hydrogen (secondary N) is 2. The van der Waals surface area contributed by atoms with Crippen molar-refractivity contribution >= 4 is 5.69 Å². The van der Waals surface area contributed by atoms with Gasteiger partial charge in [-0.25, -0.2) is 0 Å². The van der Waals surface area contributed by atoms with Gasteiger partial charge in [0, 0.05) is 32.9 Å². The summed E-state index contributed by atoms with van der Waals surface area (Å²) in [5, 5.41) is 6.34. The fraction of sp³-hybridized carbons (Fsp3) is 0.455. The summed E-state index contributed by atoms with van der Waals surface area (Å²) in [4.78, 5) is 0. The summed E-state index contributed by atoms with van der Waals surface area (Å²) in [5.74, 6) is 0. The molecule has 0 radical (unpaired) electrons. The van der Waals surface area contributed by atoms with Crippen LogP contribution in [-0.2, 0) is 10.3 Å². The van der Waals surface area contributed by atoms with E-state index in [1.165, 1.54) is 5.56 Å². The Bertz CT molecular complexity index is 298. The summed E-state index contributed by atoms with van der Waals surface area (Å²) >= 11 is 0. The van der Waals surface area contributed by atoms with Crippen molar-refractivity contribution < 1.29 is 4.74 Å². The SMILES string of the molecule is CNc1ccc(C2(OC)CNC2)cc1. The van der Waals surface area contributed by atoms with E-state index in [1.54, 1.807) is 7.11 Å². The molecule has 1 fully saturated rings. The van der Waals surface area contributed by atoms with Gasteiger partial charge in [0.05, 0.1) is 0 Å². The van der Waals surface area contributed by atoms with Crippen molar-refractivity contribution in [2.45, 2.75) is 5.60 Å². The Labute approximate surface area is 84.5 Å². The van der Waals surface area contributed by atoms with Gasteiger partial charge in [0.2, 0.25) is 0 Å². The topological polar surface area (TPSA) is 33.3 Å². The van der Waals surface area contributed by atoms with Crippen LogP contribution in [0.4, 0.5) is 5.69 Å². The Morgan fingerprint density at radius 2 is 1.93 bits per heavy atom. The van der Waals surface area contributed by atoms with Crippen molar-refractivity contribution in [2.24, 2.45) is 0 Å². The molecule has 1 aliphatic rings. The van der Waals surface area contributed by atoms with E-state index in [0.717, 1.165) is 18.8 Å². The van der Waals surface area contributed by atoms with Crippen LogP contribution in [0.25, 0.3) is 0 Å².